The number of halogens is 1. The van der Waals surface area contributed by atoms with Crippen molar-refractivity contribution in [3.8, 4) is 0 Å². The van der Waals surface area contributed by atoms with Crippen LogP contribution < -0.4 is 10.6 Å². The number of hydrogen-bond acceptors (Lipinski definition) is 4. The summed E-state index contributed by atoms with van der Waals surface area (Å²) < 4.78 is 11.5. The predicted octanol–water partition coefficient (Wildman–Crippen LogP) is 1.26. The molecule has 2 N–H and O–H groups in total. The second-order valence-electron chi connectivity index (χ2n) is 3.56. The van der Waals surface area contributed by atoms with Crippen LogP contribution in [0.5, 0.6) is 0 Å². The van der Waals surface area contributed by atoms with Gasteiger partial charge in [0.2, 0.25) is 0 Å². The van der Waals surface area contributed by atoms with Gasteiger partial charge in [0.25, 0.3) is 0 Å². The van der Waals surface area contributed by atoms with Crippen LogP contribution >= 0.6 is 12.4 Å². The van der Waals surface area contributed by atoms with Gasteiger partial charge in [0.05, 0.1) is 34.5 Å². The minimum atomic E-state index is -0.966. The first-order valence-electron chi connectivity index (χ1n) is 5.21. The van der Waals surface area contributed by atoms with Crippen molar-refractivity contribution in [2.75, 3.05) is 31.2 Å². The van der Waals surface area contributed by atoms with Crippen molar-refractivity contribution < 1.29 is 4.21 Å². The maximum atomic E-state index is 11.5. The van der Waals surface area contributed by atoms with Gasteiger partial charge >= 0.3 is 0 Å². The van der Waals surface area contributed by atoms with E-state index >= 15 is 0 Å². The summed E-state index contributed by atoms with van der Waals surface area (Å²) in [7, 11) is -0.966. The summed E-state index contributed by atoms with van der Waals surface area (Å²) in [5.41, 5.74) is 0.916. The number of hydrogen-bond donors (Lipinski definition) is 2. The van der Waals surface area contributed by atoms with Gasteiger partial charge in [-0.3, -0.25) is 9.20 Å². The van der Waals surface area contributed by atoms with Crippen LogP contribution in [0, 0.1) is 0 Å². The summed E-state index contributed by atoms with van der Waals surface area (Å²) in [6.45, 7) is 2.42. The largest absolute Gasteiger partial charge is 0.377 e. The minimum Gasteiger partial charge on any atom is -0.377 e. The molecule has 1 aliphatic heterocycles. The van der Waals surface area contributed by atoms with Gasteiger partial charge in [-0.2, -0.15) is 0 Å². The van der Waals surface area contributed by atoms with Crippen LogP contribution in [0.25, 0.3) is 0 Å². The fourth-order valence-corrected chi connectivity index (χ4v) is 2.33. The van der Waals surface area contributed by atoms with E-state index in [9.17, 15) is 4.21 Å². The second-order valence-corrected chi connectivity index (χ2v) is 4.91. The molecule has 0 saturated carbocycles. The average Bonchev–Trinajstić information content (AvgIpc) is 2.79. The Labute approximate surface area is 110 Å². The molecule has 1 heterocycles. The van der Waals surface area contributed by atoms with E-state index in [0.29, 0.717) is 6.54 Å². The van der Waals surface area contributed by atoms with Gasteiger partial charge in [0, 0.05) is 12.8 Å². The van der Waals surface area contributed by atoms with Gasteiger partial charge in [0.15, 0.2) is 0 Å². The molecule has 0 aromatic heterocycles. The molecule has 0 aliphatic carbocycles. The number of anilines is 1. The first kappa shape index (κ1) is 14.0. The summed E-state index contributed by atoms with van der Waals surface area (Å²) in [6, 6.07) is 7.64. The molecule has 4 nitrogen and oxygen atoms in total. The molecular formula is C11H16ClN3OS. The quantitative estimate of drug-likeness (QED) is 0.868. The lowest BCUT2D eigenvalue weighted by Gasteiger charge is -2.10. The van der Waals surface area contributed by atoms with Crippen molar-refractivity contribution in [2.24, 2.45) is 4.99 Å². The van der Waals surface area contributed by atoms with E-state index < -0.39 is 10.8 Å². The van der Waals surface area contributed by atoms with Gasteiger partial charge in [-0.15, -0.1) is 12.4 Å². The normalized spacial score (nSPS) is 15.5. The number of benzene rings is 1. The highest BCUT2D eigenvalue weighted by Crippen LogP contribution is 2.17. The molecule has 0 amide bonds. The SMILES string of the molecule is CS(=O)c1ccccc1NCC1=NCCN1.Cl. The first-order chi connectivity index (χ1) is 7.77. The molecule has 0 saturated heterocycles. The van der Waals surface area contributed by atoms with Crippen molar-refractivity contribution >= 4 is 34.7 Å². The summed E-state index contributed by atoms with van der Waals surface area (Å²) in [6.07, 6.45) is 1.69. The van der Waals surface area contributed by atoms with Gasteiger partial charge in [-0.05, 0) is 12.1 Å². The number of aliphatic imine (C=N–C) groups is 1. The molecule has 1 aromatic carbocycles. The van der Waals surface area contributed by atoms with Crippen molar-refractivity contribution in [3.63, 3.8) is 0 Å². The van der Waals surface area contributed by atoms with Crippen molar-refractivity contribution in [2.45, 2.75) is 4.90 Å². The minimum absolute atomic E-state index is 0. The van der Waals surface area contributed by atoms with E-state index in [2.05, 4.69) is 15.6 Å². The Kier molecular flexibility index (Phi) is 5.44. The van der Waals surface area contributed by atoms with E-state index in [1.807, 2.05) is 24.3 Å². The molecular weight excluding hydrogens is 258 g/mol. The van der Waals surface area contributed by atoms with Crippen LogP contribution in [0.15, 0.2) is 34.2 Å². The lowest BCUT2D eigenvalue weighted by molar-refractivity contribution is 0.687. The van der Waals surface area contributed by atoms with Crippen molar-refractivity contribution in [1.82, 2.24) is 5.32 Å². The fraction of sp³-hybridized carbons (Fsp3) is 0.364. The Balaban J connectivity index is 0.00000144. The van der Waals surface area contributed by atoms with Gasteiger partial charge in [0.1, 0.15) is 5.84 Å². The van der Waals surface area contributed by atoms with E-state index in [-0.39, 0.29) is 12.4 Å². The van der Waals surface area contributed by atoms with E-state index in [1.165, 1.54) is 0 Å². The van der Waals surface area contributed by atoms with Crippen LogP contribution in [-0.2, 0) is 10.8 Å². The highest BCUT2D eigenvalue weighted by Gasteiger charge is 2.07. The first-order valence-corrected chi connectivity index (χ1v) is 6.76. The Bertz CT molecular complexity index is 436. The molecule has 1 aliphatic rings. The van der Waals surface area contributed by atoms with Crippen LogP contribution in [0.1, 0.15) is 0 Å². The highest BCUT2D eigenvalue weighted by atomic mass is 35.5. The molecule has 1 unspecified atom stereocenters. The molecule has 6 heteroatoms. The predicted molar refractivity (Wildman–Crippen MR) is 74.8 cm³/mol. The summed E-state index contributed by atoms with van der Waals surface area (Å²) in [5.74, 6) is 0.969. The van der Waals surface area contributed by atoms with Crippen LogP contribution in [0.2, 0.25) is 0 Å². The summed E-state index contributed by atoms with van der Waals surface area (Å²) >= 11 is 0. The standard InChI is InChI=1S/C11H15N3OS.ClH/c1-16(15)10-5-3-2-4-9(10)14-8-11-12-6-7-13-11;/h2-5,14H,6-8H2,1H3,(H,12,13);1H. The number of nitrogens with zero attached hydrogens (tertiary/aromatic N) is 1. The monoisotopic (exact) mass is 273 g/mol. The number of amidine groups is 1. The Morgan fingerprint density at radius 3 is 2.88 bits per heavy atom. The van der Waals surface area contributed by atoms with E-state index in [4.69, 9.17) is 0 Å². The summed E-state index contributed by atoms with van der Waals surface area (Å²) in [5, 5.41) is 6.44. The molecule has 94 valence electrons. The number of rotatable bonds is 4. The lowest BCUT2D eigenvalue weighted by Crippen LogP contribution is -2.26. The number of nitrogens with one attached hydrogen (secondary N) is 2. The smallest absolute Gasteiger partial charge is 0.116 e. The third-order valence-electron chi connectivity index (χ3n) is 2.39. The van der Waals surface area contributed by atoms with Gasteiger partial charge in [-0.1, -0.05) is 12.1 Å². The third-order valence-corrected chi connectivity index (χ3v) is 3.36. The third kappa shape index (κ3) is 3.71. The topological polar surface area (TPSA) is 53.5 Å². The van der Waals surface area contributed by atoms with Crippen molar-refractivity contribution in [1.29, 1.82) is 0 Å². The molecule has 1 atom stereocenters. The maximum Gasteiger partial charge on any atom is 0.116 e. The van der Waals surface area contributed by atoms with Crippen LogP contribution in [0.4, 0.5) is 5.69 Å². The molecule has 2 rings (SSSR count). The molecule has 0 fully saturated rings. The average molecular weight is 274 g/mol. The number of para-hydroxylation sites is 1. The van der Waals surface area contributed by atoms with Gasteiger partial charge in [-0.25, -0.2) is 0 Å². The Morgan fingerprint density at radius 1 is 1.47 bits per heavy atom. The van der Waals surface area contributed by atoms with Crippen LogP contribution in [-0.4, -0.2) is 35.9 Å². The zero-order valence-electron chi connectivity index (χ0n) is 9.60. The fourth-order valence-electron chi connectivity index (χ4n) is 1.61. The molecule has 0 radical (unpaired) electrons. The molecule has 1 aromatic rings. The second kappa shape index (κ2) is 6.61. The zero-order chi connectivity index (χ0) is 11.4. The van der Waals surface area contributed by atoms with E-state index in [1.54, 1.807) is 6.26 Å². The van der Waals surface area contributed by atoms with Gasteiger partial charge < -0.3 is 10.6 Å². The highest BCUT2D eigenvalue weighted by molar-refractivity contribution is 7.84. The van der Waals surface area contributed by atoms with E-state index in [0.717, 1.165) is 29.5 Å². The summed E-state index contributed by atoms with van der Waals surface area (Å²) in [4.78, 5) is 5.13. The lowest BCUT2D eigenvalue weighted by atomic mass is 10.3. The molecule has 0 spiro atoms. The maximum absolute atomic E-state index is 11.5. The molecule has 17 heavy (non-hydrogen) atoms. The van der Waals surface area contributed by atoms with Crippen LogP contribution in [0.3, 0.4) is 0 Å². The Morgan fingerprint density at radius 2 is 2.24 bits per heavy atom. The zero-order valence-corrected chi connectivity index (χ0v) is 11.2. The molecule has 0 bridgehead atoms. The Hall–Kier alpha value is -1.07. The van der Waals surface area contributed by atoms with Crippen molar-refractivity contribution in [3.05, 3.63) is 24.3 Å².